The highest BCUT2D eigenvalue weighted by Gasteiger charge is 2.19. The summed E-state index contributed by atoms with van der Waals surface area (Å²) in [5.74, 6) is 0.999. The lowest BCUT2D eigenvalue weighted by atomic mass is 9.83. The van der Waals surface area contributed by atoms with Crippen LogP contribution in [0.3, 0.4) is 0 Å². The summed E-state index contributed by atoms with van der Waals surface area (Å²) >= 11 is 0. The van der Waals surface area contributed by atoms with Gasteiger partial charge in [0.05, 0.1) is 0 Å². The maximum atomic E-state index is 2.42. The van der Waals surface area contributed by atoms with Crippen LogP contribution in [0, 0.1) is 5.92 Å². The zero-order valence-electron chi connectivity index (χ0n) is 19.5. The number of nitrogens with zero attached hydrogens (tertiary/aromatic N) is 1. The van der Waals surface area contributed by atoms with E-state index in [-0.39, 0.29) is 0 Å². The minimum Gasteiger partial charge on any atom is -0.311 e. The summed E-state index contributed by atoms with van der Waals surface area (Å²) in [6.45, 7) is 0. The van der Waals surface area contributed by atoms with Gasteiger partial charge >= 0.3 is 0 Å². The average molecular weight is 442 g/mol. The van der Waals surface area contributed by atoms with Crippen molar-refractivity contribution in [3.63, 3.8) is 0 Å². The first-order valence-electron chi connectivity index (χ1n) is 12.3. The third-order valence-corrected chi connectivity index (χ3v) is 6.69. The van der Waals surface area contributed by atoms with Gasteiger partial charge in [-0.05, 0) is 66.6 Å². The Labute approximate surface area is 203 Å². The van der Waals surface area contributed by atoms with E-state index in [2.05, 4.69) is 144 Å². The molecule has 1 aliphatic carbocycles. The summed E-state index contributed by atoms with van der Waals surface area (Å²) in [6.07, 6.45) is 10.5. The molecule has 0 saturated carbocycles. The van der Waals surface area contributed by atoms with Crippen LogP contribution in [0.25, 0.3) is 0 Å². The predicted molar refractivity (Wildman–Crippen MR) is 144 cm³/mol. The molecule has 0 bridgehead atoms. The molecule has 0 amide bonds. The fourth-order valence-electron chi connectivity index (χ4n) is 4.91. The van der Waals surface area contributed by atoms with E-state index in [0.717, 1.165) is 12.8 Å². The fourth-order valence-corrected chi connectivity index (χ4v) is 4.91. The standard InChI is InChI=1S/C33H31N/c1-5-13-28(14-6-1)33(29-15-7-2-8-16-29)26-23-27-21-24-32(25-22-27)34(30-17-9-3-10-18-30)31-19-11-4-12-20-31/h1-21,24-25,27,33H,22-23,26H2. The molecule has 1 aliphatic rings. The summed E-state index contributed by atoms with van der Waals surface area (Å²) in [5, 5.41) is 0. The number of anilines is 2. The Morgan fingerprint density at radius 2 is 1.09 bits per heavy atom. The Morgan fingerprint density at radius 3 is 1.53 bits per heavy atom. The Bertz CT molecular complexity index is 1130. The van der Waals surface area contributed by atoms with Gasteiger partial charge in [-0.3, -0.25) is 0 Å². The Balaban J connectivity index is 1.31. The first kappa shape index (κ1) is 22.0. The van der Waals surface area contributed by atoms with Gasteiger partial charge in [-0.1, -0.05) is 109 Å². The summed E-state index contributed by atoms with van der Waals surface area (Å²) < 4.78 is 0. The number of hydrogen-bond acceptors (Lipinski definition) is 1. The van der Waals surface area contributed by atoms with Gasteiger partial charge in [0.2, 0.25) is 0 Å². The van der Waals surface area contributed by atoms with Crippen molar-refractivity contribution in [3.8, 4) is 0 Å². The SMILES string of the molecule is C1=CC(CCC(c2ccccc2)c2ccccc2)CC=C1N(c1ccccc1)c1ccccc1. The van der Waals surface area contributed by atoms with Gasteiger partial charge in [-0.15, -0.1) is 0 Å². The van der Waals surface area contributed by atoms with Gasteiger partial charge in [0, 0.05) is 23.0 Å². The zero-order valence-corrected chi connectivity index (χ0v) is 19.5. The van der Waals surface area contributed by atoms with Crippen molar-refractivity contribution < 1.29 is 0 Å². The van der Waals surface area contributed by atoms with Crippen LogP contribution in [0.4, 0.5) is 11.4 Å². The highest BCUT2D eigenvalue weighted by atomic mass is 15.1. The van der Waals surface area contributed by atoms with E-state index in [1.54, 1.807) is 0 Å². The molecule has 1 nitrogen and oxygen atoms in total. The number of benzene rings is 4. The van der Waals surface area contributed by atoms with Crippen molar-refractivity contribution in [3.05, 3.63) is 156 Å². The number of allylic oxidation sites excluding steroid dienone is 3. The Morgan fingerprint density at radius 1 is 0.618 bits per heavy atom. The van der Waals surface area contributed by atoms with E-state index >= 15 is 0 Å². The molecular weight excluding hydrogens is 410 g/mol. The molecule has 4 aromatic rings. The normalized spacial score (nSPS) is 15.2. The summed E-state index contributed by atoms with van der Waals surface area (Å²) in [4.78, 5) is 2.35. The van der Waals surface area contributed by atoms with Crippen LogP contribution in [0.1, 0.15) is 36.3 Å². The summed E-state index contributed by atoms with van der Waals surface area (Å²) in [7, 11) is 0. The van der Waals surface area contributed by atoms with Gasteiger partial charge in [0.1, 0.15) is 0 Å². The number of rotatable bonds is 8. The molecule has 4 aromatic carbocycles. The monoisotopic (exact) mass is 441 g/mol. The van der Waals surface area contributed by atoms with Crippen molar-refractivity contribution in [1.29, 1.82) is 0 Å². The van der Waals surface area contributed by atoms with Gasteiger partial charge < -0.3 is 4.90 Å². The second-order valence-electron chi connectivity index (χ2n) is 8.94. The second-order valence-corrected chi connectivity index (χ2v) is 8.94. The van der Waals surface area contributed by atoms with Crippen LogP contribution in [-0.4, -0.2) is 0 Å². The van der Waals surface area contributed by atoms with E-state index < -0.39 is 0 Å². The molecule has 0 aliphatic heterocycles. The average Bonchev–Trinajstić information content (AvgIpc) is 2.92. The fraction of sp³-hybridized carbons (Fsp3) is 0.152. The van der Waals surface area contributed by atoms with E-state index in [1.165, 1.54) is 34.6 Å². The smallest absolute Gasteiger partial charge is 0.0461 e. The van der Waals surface area contributed by atoms with Crippen LogP contribution in [0.15, 0.2) is 145 Å². The van der Waals surface area contributed by atoms with Crippen LogP contribution >= 0.6 is 0 Å². The van der Waals surface area contributed by atoms with Crippen molar-refractivity contribution >= 4 is 11.4 Å². The lowest BCUT2D eigenvalue weighted by Crippen LogP contribution is -2.17. The molecule has 5 rings (SSSR count). The molecule has 0 heterocycles. The molecule has 0 N–H and O–H groups in total. The maximum absolute atomic E-state index is 2.42. The maximum Gasteiger partial charge on any atom is 0.0461 e. The minimum absolute atomic E-state index is 0.436. The first-order chi connectivity index (χ1) is 16.9. The van der Waals surface area contributed by atoms with E-state index in [0.29, 0.717) is 11.8 Å². The first-order valence-corrected chi connectivity index (χ1v) is 12.3. The Kier molecular flexibility index (Phi) is 7.01. The quantitative estimate of drug-likeness (QED) is 0.264. The highest BCUT2D eigenvalue weighted by molar-refractivity contribution is 5.70. The van der Waals surface area contributed by atoms with Gasteiger partial charge in [0.25, 0.3) is 0 Å². The van der Waals surface area contributed by atoms with E-state index in [4.69, 9.17) is 0 Å². The van der Waals surface area contributed by atoms with Gasteiger partial charge in [-0.25, -0.2) is 0 Å². The second kappa shape index (κ2) is 10.9. The number of hydrogen-bond donors (Lipinski definition) is 0. The van der Waals surface area contributed by atoms with E-state index in [9.17, 15) is 0 Å². The van der Waals surface area contributed by atoms with Gasteiger partial charge in [-0.2, -0.15) is 0 Å². The molecule has 1 heteroatoms. The molecule has 0 spiro atoms. The topological polar surface area (TPSA) is 3.24 Å². The third-order valence-electron chi connectivity index (χ3n) is 6.69. The largest absolute Gasteiger partial charge is 0.311 e. The van der Waals surface area contributed by atoms with Crippen LogP contribution in [0.5, 0.6) is 0 Å². The molecule has 1 atom stereocenters. The highest BCUT2D eigenvalue weighted by Crippen LogP contribution is 2.35. The van der Waals surface area contributed by atoms with Crippen molar-refractivity contribution in [2.75, 3.05) is 4.90 Å². The van der Waals surface area contributed by atoms with Crippen LogP contribution in [-0.2, 0) is 0 Å². The Hall–Kier alpha value is -3.84. The molecule has 0 fully saturated rings. The molecule has 0 saturated heterocycles. The molecule has 168 valence electrons. The molecule has 34 heavy (non-hydrogen) atoms. The van der Waals surface area contributed by atoms with Crippen molar-refractivity contribution in [1.82, 2.24) is 0 Å². The van der Waals surface area contributed by atoms with Crippen molar-refractivity contribution in [2.24, 2.45) is 5.92 Å². The summed E-state index contributed by atoms with van der Waals surface area (Å²) in [6, 6.07) is 43.2. The lowest BCUT2D eigenvalue weighted by Gasteiger charge is -2.29. The third kappa shape index (κ3) is 5.21. The van der Waals surface area contributed by atoms with Crippen LogP contribution < -0.4 is 4.90 Å². The van der Waals surface area contributed by atoms with Crippen molar-refractivity contribution in [2.45, 2.75) is 25.2 Å². The molecular formula is C33H31N. The van der Waals surface area contributed by atoms with Crippen LogP contribution in [0.2, 0.25) is 0 Å². The predicted octanol–water partition coefficient (Wildman–Crippen LogP) is 8.90. The van der Waals surface area contributed by atoms with Gasteiger partial charge in [0.15, 0.2) is 0 Å². The number of para-hydroxylation sites is 2. The van der Waals surface area contributed by atoms with E-state index in [1.807, 2.05) is 0 Å². The zero-order chi connectivity index (χ0) is 23.0. The lowest BCUT2D eigenvalue weighted by molar-refractivity contribution is 0.534. The summed E-state index contributed by atoms with van der Waals surface area (Å²) in [5.41, 5.74) is 6.44. The molecule has 0 aromatic heterocycles. The molecule has 0 radical (unpaired) electrons. The molecule has 1 unspecified atom stereocenters. The minimum atomic E-state index is 0.436.